The summed E-state index contributed by atoms with van der Waals surface area (Å²) in [5.41, 5.74) is 0. The van der Waals surface area contributed by atoms with E-state index in [0.717, 1.165) is 0 Å². The molecule has 0 saturated heterocycles. The van der Waals surface area contributed by atoms with E-state index in [9.17, 15) is 4.79 Å². The molecule has 0 aromatic rings. The Morgan fingerprint density at radius 3 is 2.50 bits per heavy atom. The van der Waals surface area contributed by atoms with Crippen molar-refractivity contribution in [2.75, 3.05) is 0 Å². The van der Waals surface area contributed by atoms with Crippen LogP contribution in [0.25, 0.3) is 0 Å². The first-order valence-electron chi connectivity index (χ1n) is 2.88. The highest BCUT2D eigenvalue weighted by Crippen LogP contribution is 2.04. The van der Waals surface area contributed by atoms with Crippen LogP contribution in [0.15, 0.2) is 12.3 Å². The zero-order valence-corrected chi connectivity index (χ0v) is 5.54. The van der Waals surface area contributed by atoms with Gasteiger partial charge in [0.15, 0.2) is 0 Å². The van der Waals surface area contributed by atoms with Crippen molar-refractivity contribution < 1.29 is 20.0 Å². The molecule has 0 fully saturated rings. The van der Waals surface area contributed by atoms with E-state index in [1.165, 1.54) is 0 Å². The first kappa shape index (κ1) is 8.97. The summed E-state index contributed by atoms with van der Waals surface area (Å²) in [6, 6.07) is 0. The zero-order chi connectivity index (χ0) is 7.98. The Morgan fingerprint density at radius 1 is 1.50 bits per heavy atom. The molecule has 0 saturated carbocycles. The van der Waals surface area contributed by atoms with E-state index < -0.39 is 5.97 Å². The van der Waals surface area contributed by atoms with Gasteiger partial charge in [-0.25, -0.2) is 5.26 Å². The first-order chi connectivity index (χ1) is 4.66. The molecule has 0 rings (SSSR count). The molecule has 4 nitrogen and oxygen atoms in total. The molecule has 0 atom stereocenters. The highest BCUT2D eigenvalue weighted by Gasteiger charge is 1.98. The Morgan fingerprint density at radius 2 is 2.10 bits per heavy atom. The number of hydrogen-bond donors (Lipinski definition) is 2. The molecule has 0 radical (unpaired) electrons. The molecule has 10 heavy (non-hydrogen) atoms. The fraction of sp³-hybridized carbons (Fsp3) is 0.500. The van der Waals surface area contributed by atoms with Gasteiger partial charge in [0.25, 0.3) is 0 Å². The average molecular weight is 146 g/mol. The van der Waals surface area contributed by atoms with Crippen molar-refractivity contribution in [1.82, 2.24) is 0 Å². The van der Waals surface area contributed by atoms with Gasteiger partial charge in [0, 0.05) is 12.8 Å². The Hall–Kier alpha value is -1.03. The van der Waals surface area contributed by atoms with Gasteiger partial charge >= 0.3 is 5.97 Å². The maximum atomic E-state index is 9.94. The minimum Gasteiger partial charge on any atom is -0.481 e. The van der Waals surface area contributed by atoms with Gasteiger partial charge in [-0.1, -0.05) is 6.58 Å². The molecule has 0 bridgehead atoms. The zero-order valence-electron chi connectivity index (χ0n) is 5.54. The first-order valence-corrected chi connectivity index (χ1v) is 2.88. The van der Waals surface area contributed by atoms with Crippen molar-refractivity contribution in [1.29, 1.82) is 0 Å². The summed E-state index contributed by atoms with van der Waals surface area (Å²) in [6.07, 6.45) is 0.889. The van der Waals surface area contributed by atoms with Gasteiger partial charge in [-0.2, -0.15) is 0 Å². The molecule has 0 aliphatic carbocycles. The standard InChI is InChI=1S/C6H10O4/c1-5(10-9)3-2-4-6(7)8/h9H,1-4H2,(H,7,8). The number of rotatable bonds is 5. The number of carboxylic acid groups (broad SMARTS) is 1. The van der Waals surface area contributed by atoms with Crippen molar-refractivity contribution in [3.63, 3.8) is 0 Å². The van der Waals surface area contributed by atoms with E-state index in [4.69, 9.17) is 10.4 Å². The van der Waals surface area contributed by atoms with E-state index in [0.29, 0.717) is 12.8 Å². The molecule has 0 heterocycles. The Labute approximate surface area is 58.7 Å². The van der Waals surface area contributed by atoms with Crippen LogP contribution in [-0.4, -0.2) is 16.3 Å². The average Bonchev–Trinajstić information content (AvgIpc) is 1.87. The van der Waals surface area contributed by atoms with Crippen LogP contribution in [0.2, 0.25) is 0 Å². The predicted octanol–water partition coefficient (Wildman–Crippen LogP) is 1.24. The van der Waals surface area contributed by atoms with E-state index in [1.54, 1.807) is 0 Å². The monoisotopic (exact) mass is 146 g/mol. The Kier molecular flexibility index (Phi) is 4.32. The lowest BCUT2D eigenvalue weighted by molar-refractivity contribution is -0.205. The van der Waals surface area contributed by atoms with Gasteiger partial charge < -0.3 is 9.99 Å². The summed E-state index contributed by atoms with van der Waals surface area (Å²) in [5.74, 6) is -0.660. The molecule has 4 heteroatoms. The Balaban J connectivity index is 3.20. The lowest BCUT2D eigenvalue weighted by atomic mass is 10.2. The third-order valence-corrected chi connectivity index (χ3v) is 0.975. The van der Waals surface area contributed by atoms with Crippen molar-refractivity contribution in [2.45, 2.75) is 19.3 Å². The van der Waals surface area contributed by atoms with Crippen LogP contribution in [0.1, 0.15) is 19.3 Å². The second kappa shape index (κ2) is 4.81. The maximum absolute atomic E-state index is 9.94. The summed E-state index contributed by atoms with van der Waals surface area (Å²) < 4.78 is 0. The van der Waals surface area contributed by atoms with Gasteiger partial charge in [0.1, 0.15) is 5.76 Å². The molecular formula is C6H10O4. The van der Waals surface area contributed by atoms with Gasteiger partial charge in [-0.05, 0) is 6.42 Å². The third kappa shape index (κ3) is 5.11. The molecule has 0 aromatic heterocycles. The van der Waals surface area contributed by atoms with E-state index in [-0.39, 0.29) is 12.2 Å². The number of carboxylic acids is 1. The minimum absolute atomic E-state index is 0.0718. The Bertz CT molecular complexity index is 130. The second-order valence-corrected chi connectivity index (χ2v) is 1.88. The maximum Gasteiger partial charge on any atom is 0.303 e. The van der Waals surface area contributed by atoms with Crippen molar-refractivity contribution in [2.24, 2.45) is 0 Å². The largest absolute Gasteiger partial charge is 0.481 e. The van der Waals surface area contributed by atoms with Crippen molar-refractivity contribution >= 4 is 5.97 Å². The third-order valence-electron chi connectivity index (χ3n) is 0.975. The quantitative estimate of drug-likeness (QED) is 0.348. The SMILES string of the molecule is C=C(CCCC(=O)O)OO. The van der Waals surface area contributed by atoms with Gasteiger partial charge in [-0.3, -0.25) is 4.79 Å². The van der Waals surface area contributed by atoms with E-state index in [1.807, 2.05) is 0 Å². The van der Waals surface area contributed by atoms with Crippen LogP contribution in [0, 0.1) is 0 Å². The van der Waals surface area contributed by atoms with Crippen LogP contribution < -0.4 is 0 Å². The summed E-state index contributed by atoms with van der Waals surface area (Å²) in [5, 5.41) is 16.1. The lowest BCUT2D eigenvalue weighted by Gasteiger charge is -1.97. The van der Waals surface area contributed by atoms with Crippen LogP contribution in [0.3, 0.4) is 0 Å². The molecule has 58 valence electrons. The molecular weight excluding hydrogens is 136 g/mol. The molecule has 0 unspecified atom stereocenters. The molecule has 0 aromatic carbocycles. The van der Waals surface area contributed by atoms with E-state index >= 15 is 0 Å². The summed E-state index contributed by atoms with van der Waals surface area (Å²) in [4.78, 5) is 13.7. The normalized spacial score (nSPS) is 8.90. The molecule has 0 spiro atoms. The minimum atomic E-state index is -0.856. The summed E-state index contributed by atoms with van der Waals surface area (Å²) in [7, 11) is 0. The fourth-order valence-corrected chi connectivity index (χ4v) is 0.482. The van der Waals surface area contributed by atoms with Crippen LogP contribution in [0.4, 0.5) is 0 Å². The fourth-order valence-electron chi connectivity index (χ4n) is 0.482. The second-order valence-electron chi connectivity index (χ2n) is 1.88. The number of hydrogen-bond acceptors (Lipinski definition) is 3. The summed E-state index contributed by atoms with van der Waals surface area (Å²) >= 11 is 0. The highest BCUT2D eigenvalue weighted by molar-refractivity contribution is 5.66. The number of aliphatic carboxylic acids is 1. The molecule has 0 amide bonds. The number of allylic oxidation sites excluding steroid dienone is 1. The van der Waals surface area contributed by atoms with Crippen LogP contribution >= 0.6 is 0 Å². The summed E-state index contributed by atoms with van der Waals surface area (Å²) in [6.45, 7) is 3.30. The van der Waals surface area contributed by atoms with Crippen molar-refractivity contribution in [3.8, 4) is 0 Å². The van der Waals surface area contributed by atoms with Crippen molar-refractivity contribution in [3.05, 3.63) is 12.3 Å². The van der Waals surface area contributed by atoms with Crippen LogP contribution in [-0.2, 0) is 9.68 Å². The lowest BCUT2D eigenvalue weighted by Crippen LogP contribution is -1.94. The smallest absolute Gasteiger partial charge is 0.303 e. The highest BCUT2D eigenvalue weighted by atomic mass is 17.1. The van der Waals surface area contributed by atoms with Gasteiger partial charge in [0.2, 0.25) is 0 Å². The number of carbonyl (C=O) groups is 1. The predicted molar refractivity (Wildman–Crippen MR) is 34.3 cm³/mol. The van der Waals surface area contributed by atoms with Crippen LogP contribution in [0.5, 0.6) is 0 Å². The van der Waals surface area contributed by atoms with Gasteiger partial charge in [-0.15, -0.1) is 0 Å². The molecule has 0 aliphatic heterocycles. The van der Waals surface area contributed by atoms with E-state index in [2.05, 4.69) is 11.5 Å². The molecule has 0 aliphatic rings. The molecule has 2 N–H and O–H groups in total. The van der Waals surface area contributed by atoms with Gasteiger partial charge in [0.05, 0.1) is 0 Å². The topological polar surface area (TPSA) is 66.8 Å².